The molecule has 140 valence electrons. The quantitative estimate of drug-likeness (QED) is 0.808. The Bertz CT molecular complexity index is 833. The molecule has 1 saturated heterocycles. The van der Waals surface area contributed by atoms with E-state index in [0.717, 1.165) is 37.7 Å². The molecular formula is C19H25N3O3S. The van der Waals surface area contributed by atoms with Crippen LogP contribution < -0.4 is 0 Å². The summed E-state index contributed by atoms with van der Waals surface area (Å²) in [6.07, 6.45) is 8.89. The summed E-state index contributed by atoms with van der Waals surface area (Å²) in [7, 11) is -3.40. The topological polar surface area (TPSA) is 76.3 Å². The van der Waals surface area contributed by atoms with Gasteiger partial charge in [0.2, 0.25) is 21.7 Å². The van der Waals surface area contributed by atoms with E-state index < -0.39 is 10.0 Å². The number of piperidine rings is 1. The minimum Gasteiger partial charge on any atom is -0.339 e. The smallest absolute Gasteiger partial charge is 0.243 e. The first-order valence-corrected chi connectivity index (χ1v) is 11.0. The standard InChI is InChI=1S/C19H25N3O3S/c23-26(24,22-13-5-2-6-14-22)17-11-9-15(10-12-17)18-20-19(25-21-18)16-7-3-1-4-8-16/h9-12,16H,1-8,13-14H2. The molecule has 2 fully saturated rings. The van der Waals surface area contributed by atoms with Crippen molar-refractivity contribution in [3.63, 3.8) is 0 Å². The highest BCUT2D eigenvalue weighted by molar-refractivity contribution is 7.89. The minimum atomic E-state index is -3.40. The second-order valence-corrected chi connectivity index (χ2v) is 9.22. The Morgan fingerprint density at radius 3 is 2.27 bits per heavy atom. The fraction of sp³-hybridized carbons (Fsp3) is 0.579. The van der Waals surface area contributed by atoms with Gasteiger partial charge in [-0.15, -0.1) is 0 Å². The fourth-order valence-electron chi connectivity index (χ4n) is 3.90. The number of aromatic nitrogens is 2. The molecule has 0 bridgehead atoms. The van der Waals surface area contributed by atoms with Gasteiger partial charge >= 0.3 is 0 Å². The lowest BCUT2D eigenvalue weighted by Crippen LogP contribution is -2.35. The molecule has 1 aliphatic heterocycles. The molecule has 26 heavy (non-hydrogen) atoms. The molecule has 7 heteroatoms. The molecule has 4 rings (SSSR count). The average molecular weight is 375 g/mol. The van der Waals surface area contributed by atoms with Crippen LogP contribution in [0.15, 0.2) is 33.7 Å². The molecule has 1 aromatic carbocycles. The first-order chi connectivity index (χ1) is 12.6. The van der Waals surface area contributed by atoms with E-state index in [4.69, 9.17) is 4.52 Å². The third-order valence-electron chi connectivity index (χ3n) is 5.46. The van der Waals surface area contributed by atoms with Crippen LogP contribution in [-0.2, 0) is 10.0 Å². The number of sulfonamides is 1. The van der Waals surface area contributed by atoms with Crippen LogP contribution >= 0.6 is 0 Å². The summed E-state index contributed by atoms with van der Waals surface area (Å²) >= 11 is 0. The van der Waals surface area contributed by atoms with Gasteiger partial charge < -0.3 is 4.52 Å². The molecule has 2 aliphatic rings. The lowest BCUT2D eigenvalue weighted by Gasteiger charge is -2.25. The molecule has 2 aromatic rings. The van der Waals surface area contributed by atoms with Crippen molar-refractivity contribution >= 4 is 10.0 Å². The zero-order valence-corrected chi connectivity index (χ0v) is 15.7. The average Bonchev–Trinajstić information content (AvgIpc) is 3.20. The molecule has 1 aliphatic carbocycles. The molecule has 6 nitrogen and oxygen atoms in total. The van der Waals surface area contributed by atoms with Gasteiger partial charge in [-0.05, 0) is 49.9 Å². The second kappa shape index (κ2) is 7.48. The van der Waals surface area contributed by atoms with Crippen molar-refractivity contribution in [1.29, 1.82) is 0 Å². The van der Waals surface area contributed by atoms with Crippen molar-refractivity contribution in [2.75, 3.05) is 13.1 Å². The zero-order valence-electron chi connectivity index (χ0n) is 14.9. The number of hydrogen-bond donors (Lipinski definition) is 0. The molecule has 0 atom stereocenters. The van der Waals surface area contributed by atoms with E-state index in [0.29, 0.717) is 35.6 Å². The molecule has 0 spiro atoms. The predicted octanol–water partition coefficient (Wildman–Crippen LogP) is 3.96. The largest absolute Gasteiger partial charge is 0.339 e. The molecule has 0 amide bonds. The van der Waals surface area contributed by atoms with Crippen molar-refractivity contribution in [3.05, 3.63) is 30.2 Å². The summed E-state index contributed by atoms with van der Waals surface area (Å²) < 4.78 is 32.5. The maximum atomic E-state index is 12.7. The molecular weight excluding hydrogens is 350 g/mol. The van der Waals surface area contributed by atoms with Gasteiger partial charge in [0.15, 0.2) is 0 Å². The first kappa shape index (κ1) is 17.7. The summed E-state index contributed by atoms with van der Waals surface area (Å²) in [6, 6.07) is 6.84. The van der Waals surface area contributed by atoms with Crippen LogP contribution in [0.4, 0.5) is 0 Å². The van der Waals surface area contributed by atoms with Crippen LogP contribution in [0.3, 0.4) is 0 Å². The normalized spacial score (nSPS) is 20.3. The van der Waals surface area contributed by atoms with Crippen LogP contribution in [0, 0.1) is 0 Å². The van der Waals surface area contributed by atoms with Crippen molar-refractivity contribution < 1.29 is 12.9 Å². The van der Waals surface area contributed by atoms with E-state index in [9.17, 15) is 8.42 Å². The van der Waals surface area contributed by atoms with Gasteiger partial charge in [0.1, 0.15) is 0 Å². The van der Waals surface area contributed by atoms with E-state index >= 15 is 0 Å². The van der Waals surface area contributed by atoms with Crippen LogP contribution in [0.1, 0.15) is 63.2 Å². The summed E-state index contributed by atoms with van der Waals surface area (Å²) in [5.41, 5.74) is 0.786. The van der Waals surface area contributed by atoms with Crippen molar-refractivity contribution in [2.45, 2.75) is 62.2 Å². The Kier molecular flexibility index (Phi) is 5.09. The molecule has 2 heterocycles. The van der Waals surface area contributed by atoms with Gasteiger partial charge in [-0.3, -0.25) is 0 Å². The van der Waals surface area contributed by atoms with Gasteiger partial charge in [0, 0.05) is 24.6 Å². The zero-order chi connectivity index (χ0) is 18.0. The lowest BCUT2D eigenvalue weighted by molar-refractivity contribution is 0.314. The van der Waals surface area contributed by atoms with Crippen LogP contribution in [0.25, 0.3) is 11.4 Å². The maximum Gasteiger partial charge on any atom is 0.243 e. The Balaban J connectivity index is 1.51. The highest BCUT2D eigenvalue weighted by Crippen LogP contribution is 2.32. The molecule has 0 radical (unpaired) electrons. The van der Waals surface area contributed by atoms with E-state index in [-0.39, 0.29) is 0 Å². The molecule has 0 N–H and O–H groups in total. The van der Waals surface area contributed by atoms with Gasteiger partial charge in [-0.2, -0.15) is 9.29 Å². The summed E-state index contributed by atoms with van der Waals surface area (Å²) in [6.45, 7) is 1.22. The van der Waals surface area contributed by atoms with Gasteiger partial charge in [-0.25, -0.2) is 8.42 Å². The van der Waals surface area contributed by atoms with Crippen LogP contribution in [-0.4, -0.2) is 36.0 Å². The summed E-state index contributed by atoms with van der Waals surface area (Å²) in [5.74, 6) is 1.61. The first-order valence-electron chi connectivity index (χ1n) is 9.59. The Morgan fingerprint density at radius 2 is 1.58 bits per heavy atom. The third kappa shape index (κ3) is 3.55. The number of hydrogen-bond acceptors (Lipinski definition) is 5. The third-order valence-corrected chi connectivity index (χ3v) is 7.37. The number of nitrogens with zero attached hydrogens (tertiary/aromatic N) is 3. The summed E-state index contributed by atoms with van der Waals surface area (Å²) in [4.78, 5) is 4.88. The van der Waals surface area contributed by atoms with Crippen molar-refractivity contribution in [1.82, 2.24) is 14.4 Å². The maximum absolute atomic E-state index is 12.7. The van der Waals surface area contributed by atoms with Crippen LogP contribution in [0.2, 0.25) is 0 Å². The predicted molar refractivity (Wildman–Crippen MR) is 98.2 cm³/mol. The van der Waals surface area contributed by atoms with E-state index in [2.05, 4.69) is 10.1 Å². The molecule has 1 aromatic heterocycles. The van der Waals surface area contributed by atoms with Crippen LogP contribution in [0.5, 0.6) is 0 Å². The van der Waals surface area contributed by atoms with E-state index in [1.807, 2.05) is 0 Å². The van der Waals surface area contributed by atoms with Gasteiger partial charge in [-0.1, -0.05) is 30.8 Å². The van der Waals surface area contributed by atoms with E-state index in [1.165, 1.54) is 19.3 Å². The highest BCUT2D eigenvalue weighted by atomic mass is 32.2. The van der Waals surface area contributed by atoms with Crippen molar-refractivity contribution in [2.24, 2.45) is 0 Å². The Morgan fingerprint density at radius 1 is 0.923 bits per heavy atom. The van der Waals surface area contributed by atoms with Crippen molar-refractivity contribution in [3.8, 4) is 11.4 Å². The summed E-state index contributed by atoms with van der Waals surface area (Å²) in [5, 5.41) is 4.10. The highest BCUT2D eigenvalue weighted by Gasteiger charge is 2.26. The molecule has 1 saturated carbocycles. The van der Waals surface area contributed by atoms with Gasteiger partial charge in [0.25, 0.3) is 0 Å². The Hall–Kier alpha value is -1.73. The minimum absolute atomic E-state index is 0.333. The lowest BCUT2D eigenvalue weighted by atomic mass is 9.89. The van der Waals surface area contributed by atoms with E-state index in [1.54, 1.807) is 28.6 Å². The monoisotopic (exact) mass is 375 g/mol. The molecule has 0 unspecified atom stereocenters. The number of rotatable bonds is 4. The number of benzene rings is 1. The Labute approximate surface area is 154 Å². The second-order valence-electron chi connectivity index (χ2n) is 7.28. The van der Waals surface area contributed by atoms with Gasteiger partial charge in [0.05, 0.1) is 4.90 Å². The SMILES string of the molecule is O=S(=O)(c1ccc(-c2noc(C3CCCCC3)n2)cc1)N1CCCCC1. The fourth-order valence-corrected chi connectivity index (χ4v) is 5.42.